The van der Waals surface area contributed by atoms with Crippen molar-refractivity contribution in [3.05, 3.63) is 28.2 Å². The molecular weight excluding hydrogens is 276 g/mol. The molecule has 0 heterocycles. The molecule has 96 valence electrons. The Balaban J connectivity index is 2.90. The maximum Gasteiger partial charge on any atom is 0.0420 e. The Bertz CT molecular complexity index is 369. The fourth-order valence-electron chi connectivity index (χ4n) is 1.57. The topological polar surface area (TPSA) is 15.3 Å². The number of hydrogen-bond acceptors (Lipinski definition) is 2. The second kappa shape index (κ2) is 5.87. The molecule has 0 saturated heterocycles. The van der Waals surface area contributed by atoms with Crippen LogP contribution in [0.3, 0.4) is 0 Å². The summed E-state index contributed by atoms with van der Waals surface area (Å²) in [4.78, 5) is 2.27. The summed E-state index contributed by atoms with van der Waals surface area (Å²) in [5.41, 5.74) is 2.78. The van der Waals surface area contributed by atoms with Crippen LogP contribution < -0.4 is 10.2 Å². The van der Waals surface area contributed by atoms with E-state index in [9.17, 15) is 0 Å². The van der Waals surface area contributed by atoms with Crippen LogP contribution in [0, 0.1) is 0 Å². The molecule has 0 bridgehead atoms. The quantitative estimate of drug-likeness (QED) is 0.910. The minimum absolute atomic E-state index is 0.148. The van der Waals surface area contributed by atoms with Gasteiger partial charge in [0, 0.05) is 35.8 Å². The Morgan fingerprint density at radius 1 is 1.29 bits per heavy atom. The van der Waals surface area contributed by atoms with Crippen LogP contribution in [0.4, 0.5) is 5.69 Å². The Kier molecular flexibility index (Phi) is 5.02. The minimum Gasteiger partial charge on any atom is -0.375 e. The van der Waals surface area contributed by atoms with Gasteiger partial charge in [0.05, 0.1) is 0 Å². The van der Waals surface area contributed by atoms with Gasteiger partial charge in [-0.1, -0.05) is 22.0 Å². The molecule has 2 nitrogen and oxygen atoms in total. The summed E-state index contributed by atoms with van der Waals surface area (Å²) in [7, 11) is 2.13. The van der Waals surface area contributed by atoms with Gasteiger partial charge >= 0.3 is 0 Å². The molecule has 0 saturated carbocycles. The van der Waals surface area contributed by atoms with Gasteiger partial charge in [0.2, 0.25) is 0 Å². The standard InChI is InChI=1S/C14H23BrN2/c1-6-17(5)13-9-12(15)8-7-11(13)10-16-14(2,3)4/h7-9,16H,6,10H2,1-5H3. The lowest BCUT2D eigenvalue weighted by molar-refractivity contribution is 0.424. The molecule has 0 fully saturated rings. The normalized spacial score (nSPS) is 11.6. The lowest BCUT2D eigenvalue weighted by atomic mass is 10.1. The first-order valence-electron chi connectivity index (χ1n) is 6.08. The second-order valence-corrected chi connectivity index (χ2v) is 6.31. The van der Waals surface area contributed by atoms with Crippen molar-refractivity contribution < 1.29 is 0 Å². The van der Waals surface area contributed by atoms with Gasteiger partial charge in [0.15, 0.2) is 0 Å². The van der Waals surface area contributed by atoms with Crippen molar-refractivity contribution in [3.63, 3.8) is 0 Å². The SMILES string of the molecule is CCN(C)c1cc(Br)ccc1CNC(C)(C)C. The zero-order valence-electron chi connectivity index (χ0n) is 11.5. The molecule has 0 atom stereocenters. The van der Waals surface area contributed by atoms with Crippen LogP contribution in [0.5, 0.6) is 0 Å². The van der Waals surface area contributed by atoms with Gasteiger partial charge in [-0.05, 0) is 45.4 Å². The summed E-state index contributed by atoms with van der Waals surface area (Å²) in [5, 5.41) is 3.54. The van der Waals surface area contributed by atoms with Gasteiger partial charge in [-0.25, -0.2) is 0 Å². The van der Waals surface area contributed by atoms with Gasteiger partial charge in [-0.15, -0.1) is 0 Å². The number of rotatable bonds is 4. The van der Waals surface area contributed by atoms with Crippen LogP contribution in [-0.4, -0.2) is 19.1 Å². The molecule has 0 aliphatic carbocycles. The largest absolute Gasteiger partial charge is 0.375 e. The highest BCUT2D eigenvalue weighted by Crippen LogP contribution is 2.24. The number of nitrogens with zero attached hydrogens (tertiary/aromatic N) is 1. The number of benzene rings is 1. The molecule has 0 aromatic heterocycles. The van der Waals surface area contributed by atoms with Crippen molar-refractivity contribution in [2.75, 3.05) is 18.5 Å². The monoisotopic (exact) mass is 298 g/mol. The molecular formula is C14H23BrN2. The first kappa shape index (κ1) is 14.5. The van der Waals surface area contributed by atoms with Gasteiger partial charge in [-0.3, -0.25) is 0 Å². The van der Waals surface area contributed by atoms with Gasteiger partial charge in [-0.2, -0.15) is 0 Å². The Morgan fingerprint density at radius 3 is 2.47 bits per heavy atom. The molecule has 1 rings (SSSR count). The summed E-state index contributed by atoms with van der Waals surface area (Å²) in [5.74, 6) is 0. The molecule has 3 heteroatoms. The van der Waals surface area contributed by atoms with E-state index in [1.54, 1.807) is 0 Å². The molecule has 1 N–H and O–H groups in total. The molecule has 0 spiro atoms. The second-order valence-electron chi connectivity index (χ2n) is 5.39. The molecule has 1 aromatic rings. The van der Waals surface area contributed by atoms with Crippen LogP contribution in [0.1, 0.15) is 33.3 Å². The highest BCUT2D eigenvalue weighted by Gasteiger charge is 2.12. The van der Waals surface area contributed by atoms with Gasteiger partial charge < -0.3 is 10.2 Å². The molecule has 0 unspecified atom stereocenters. The van der Waals surface area contributed by atoms with E-state index >= 15 is 0 Å². The number of hydrogen-bond donors (Lipinski definition) is 1. The number of anilines is 1. The zero-order chi connectivity index (χ0) is 13.1. The van der Waals surface area contributed by atoms with Crippen molar-refractivity contribution in [1.82, 2.24) is 5.32 Å². The number of halogens is 1. The third-order valence-electron chi connectivity index (χ3n) is 2.74. The summed E-state index contributed by atoms with van der Waals surface area (Å²) < 4.78 is 1.13. The van der Waals surface area contributed by atoms with Crippen LogP contribution >= 0.6 is 15.9 Å². The van der Waals surface area contributed by atoms with Crippen molar-refractivity contribution >= 4 is 21.6 Å². The minimum atomic E-state index is 0.148. The lowest BCUT2D eigenvalue weighted by Crippen LogP contribution is -2.35. The molecule has 0 aliphatic rings. The highest BCUT2D eigenvalue weighted by molar-refractivity contribution is 9.10. The van der Waals surface area contributed by atoms with E-state index < -0.39 is 0 Å². The zero-order valence-corrected chi connectivity index (χ0v) is 13.1. The molecule has 1 aromatic carbocycles. The average molecular weight is 299 g/mol. The van der Waals surface area contributed by atoms with Crippen molar-refractivity contribution in [1.29, 1.82) is 0 Å². The smallest absolute Gasteiger partial charge is 0.0420 e. The van der Waals surface area contributed by atoms with Crippen molar-refractivity contribution in [3.8, 4) is 0 Å². The Labute approximate surface area is 114 Å². The Hall–Kier alpha value is -0.540. The maximum atomic E-state index is 3.54. The molecule has 0 amide bonds. The maximum absolute atomic E-state index is 3.54. The first-order chi connectivity index (χ1) is 7.83. The van der Waals surface area contributed by atoms with Crippen molar-refractivity contribution in [2.24, 2.45) is 0 Å². The van der Waals surface area contributed by atoms with E-state index in [-0.39, 0.29) is 5.54 Å². The van der Waals surface area contributed by atoms with Crippen molar-refractivity contribution in [2.45, 2.75) is 39.8 Å². The van der Waals surface area contributed by atoms with Gasteiger partial charge in [0.25, 0.3) is 0 Å². The summed E-state index contributed by atoms with van der Waals surface area (Å²) in [6.45, 7) is 10.6. The average Bonchev–Trinajstić information content (AvgIpc) is 2.25. The predicted molar refractivity (Wildman–Crippen MR) is 79.7 cm³/mol. The fourth-order valence-corrected chi connectivity index (χ4v) is 1.92. The van der Waals surface area contributed by atoms with E-state index in [2.05, 4.69) is 79.1 Å². The predicted octanol–water partition coefficient (Wildman–Crippen LogP) is 3.79. The van der Waals surface area contributed by atoms with E-state index in [4.69, 9.17) is 0 Å². The van der Waals surface area contributed by atoms with Crippen LogP contribution in [-0.2, 0) is 6.54 Å². The van der Waals surface area contributed by atoms with Crippen LogP contribution in [0.15, 0.2) is 22.7 Å². The lowest BCUT2D eigenvalue weighted by Gasteiger charge is -2.25. The summed E-state index contributed by atoms with van der Waals surface area (Å²) in [6, 6.07) is 6.47. The van der Waals surface area contributed by atoms with E-state index in [1.807, 2.05) is 0 Å². The van der Waals surface area contributed by atoms with E-state index in [1.165, 1.54) is 11.3 Å². The third-order valence-corrected chi connectivity index (χ3v) is 3.24. The summed E-state index contributed by atoms with van der Waals surface area (Å²) >= 11 is 3.54. The first-order valence-corrected chi connectivity index (χ1v) is 6.87. The van der Waals surface area contributed by atoms with E-state index in [0.29, 0.717) is 0 Å². The number of nitrogens with one attached hydrogen (secondary N) is 1. The van der Waals surface area contributed by atoms with Crippen LogP contribution in [0.25, 0.3) is 0 Å². The fraction of sp³-hybridized carbons (Fsp3) is 0.571. The van der Waals surface area contributed by atoms with E-state index in [0.717, 1.165) is 17.6 Å². The molecule has 17 heavy (non-hydrogen) atoms. The third kappa shape index (κ3) is 4.68. The molecule has 0 aliphatic heterocycles. The van der Waals surface area contributed by atoms with Gasteiger partial charge in [0.1, 0.15) is 0 Å². The highest BCUT2D eigenvalue weighted by atomic mass is 79.9. The summed E-state index contributed by atoms with van der Waals surface area (Å²) in [6.07, 6.45) is 0. The Morgan fingerprint density at radius 2 is 1.94 bits per heavy atom. The van der Waals surface area contributed by atoms with Crippen LogP contribution in [0.2, 0.25) is 0 Å². The molecule has 0 radical (unpaired) electrons.